The van der Waals surface area contributed by atoms with Crippen molar-refractivity contribution < 1.29 is 86.7 Å². The summed E-state index contributed by atoms with van der Waals surface area (Å²) in [6.45, 7) is -1.36. The molecule has 0 aromatic heterocycles. The van der Waals surface area contributed by atoms with E-state index in [0.29, 0.717) is 6.08 Å². The lowest BCUT2D eigenvalue weighted by Crippen LogP contribution is -2.66. The van der Waals surface area contributed by atoms with Crippen LogP contribution in [-0.2, 0) is 58.5 Å². The molecule has 4 N–H and O–H groups in total. The number of ether oxygens (including phenoxy) is 3. The van der Waals surface area contributed by atoms with Crippen molar-refractivity contribution in [3.63, 3.8) is 0 Å². The van der Waals surface area contributed by atoms with Crippen LogP contribution < -0.4 is 9.83 Å². The van der Waals surface area contributed by atoms with Gasteiger partial charge >= 0.3 is 0 Å². The maximum Gasteiger partial charge on any atom is 0.231 e. The first-order chi connectivity index (χ1) is 15.8. The Balaban J connectivity index is 2.44. The minimum atomic E-state index is -5.64. The smallest absolute Gasteiger partial charge is 0.231 e. The molecule has 2 aliphatic heterocycles. The molecule has 0 aromatic rings. The van der Waals surface area contributed by atoms with E-state index in [2.05, 4.69) is 8.37 Å². The van der Waals surface area contributed by atoms with E-state index in [1.807, 2.05) is 0 Å². The standard InChI is InChI=1S/C12H19NO19S3/c14-3-1-4(10(16)17)30-12(8(3)32-35(25,26)27)31-9-5(2-28-34(22,23)24)29-11(18)6(7(9)15)13-33(19,20)21/h1,3,5-9,11-15,18H,2H2,(H,16,17)(H,19,20,21)(H,22,23,24)(H,25,26,27)/p-4/t3-,5+,6+,7+,8+,9+,11-,12-/m0/s1. The number of hydrogen-bond donors (Lipinski definition) is 4. The fourth-order valence-corrected chi connectivity index (χ4v) is 4.31. The summed E-state index contributed by atoms with van der Waals surface area (Å²) in [7, 11) is -16.5. The van der Waals surface area contributed by atoms with Gasteiger partial charge in [0.2, 0.25) is 27.1 Å². The number of hydrogen-bond acceptors (Lipinski definition) is 19. The van der Waals surface area contributed by atoms with Crippen molar-refractivity contribution in [2.75, 3.05) is 6.61 Å². The first-order valence-corrected chi connectivity index (χ1v) is 12.8. The Morgan fingerprint density at radius 1 is 1.03 bits per heavy atom. The second kappa shape index (κ2) is 10.8. The van der Waals surface area contributed by atoms with Gasteiger partial charge in [0.05, 0.1) is 6.61 Å². The van der Waals surface area contributed by atoms with Crippen molar-refractivity contribution in [1.29, 1.82) is 0 Å². The zero-order valence-electron chi connectivity index (χ0n) is 16.5. The summed E-state index contributed by atoms with van der Waals surface area (Å²) in [6.07, 6.45) is -15.9. The van der Waals surface area contributed by atoms with Crippen LogP contribution in [0.1, 0.15) is 0 Å². The van der Waals surface area contributed by atoms with Gasteiger partial charge < -0.3 is 53.1 Å². The number of aliphatic hydroxyl groups excluding tert-OH is 3. The Morgan fingerprint density at radius 3 is 2.11 bits per heavy atom. The van der Waals surface area contributed by atoms with E-state index in [1.165, 1.54) is 4.72 Å². The molecule has 20 nitrogen and oxygen atoms in total. The van der Waals surface area contributed by atoms with Crippen LogP contribution in [0.4, 0.5) is 0 Å². The Labute approximate surface area is 196 Å². The van der Waals surface area contributed by atoms with E-state index in [-0.39, 0.29) is 0 Å². The zero-order chi connectivity index (χ0) is 26.9. The Morgan fingerprint density at radius 2 is 1.63 bits per heavy atom. The fraction of sp³-hybridized carbons (Fsp3) is 0.750. The van der Waals surface area contributed by atoms with Crippen LogP contribution in [0.3, 0.4) is 0 Å². The summed E-state index contributed by atoms with van der Waals surface area (Å²) >= 11 is 0. The Bertz CT molecular complexity index is 1130. The number of aliphatic hydroxyl groups is 3. The van der Waals surface area contributed by atoms with Gasteiger partial charge in [-0.15, -0.1) is 0 Å². The van der Waals surface area contributed by atoms with E-state index in [0.717, 1.165) is 0 Å². The molecule has 0 bridgehead atoms. The number of carbonyl (C=O) groups is 1. The predicted octanol–water partition coefficient (Wildman–Crippen LogP) is -7.46. The Kier molecular flexibility index (Phi) is 9.15. The van der Waals surface area contributed by atoms with Crippen LogP contribution in [0.2, 0.25) is 0 Å². The van der Waals surface area contributed by atoms with Gasteiger partial charge in [0, 0.05) is 0 Å². The maximum absolute atomic E-state index is 11.1. The van der Waals surface area contributed by atoms with Crippen molar-refractivity contribution in [2.24, 2.45) is 0 Å². The lowest BCUT2D eigenvalue weighted by Gasteiger charge is -2.45. The molecule has 1 saturated heterocycles. The van der Waals surface area contributed by atoms with Gasteiger partial charge in [-0.3, -0.25) is 8.37 Å². The zero-order valence-corrected chi connectivity index (χ0v) is 19.0. The van der Waals surface area contributed by atoms with Gasteiger partial charge in [-0.2, -0.15) is 0 Å². The van der Waals surface area contributed by atoms with Gasteiger partial charge in [0.25, 0.3) is 0 Å². The molecule has 0 radical (unpaired) electrons. The van der Waals surface area contributed by atoms with Crippen molar-refractivity contribution in [1.82, 2.24) is 4.72 Å². The molecule has 0 aliphatic carbocycles. The predicted molar refractivity (Wildman–Crippen MR) is 92.6 cm³/mol. The van der Waals surface area contributed by atoms with Gasteiger partial charge in [-0.1, -0.05) is 0 Å². The fourth-order valence-electron chi connectivity index (χ4n) is 2.94. The highest BCUT2D eigenvalue weighted by Gasteiger charge is 2.50. The highest BCUT2D eigenvalue weighted by molar-refractivity contribution is 7.83. The van der Waals surface area contributed by atoms with Crippen LogP contribution in [0, 0.1) is 0 Å². The molecule has 204 valence electrons. The molecule has 35 heavy (non-hydrogen) atoms. The molecule has 0 saturated carbocycles. The molecule has 23 heteroatoms. The molecule has 0 unspecified atom stereocenters. The minimum Gasteiger partial charge on any atom is -0.735 e. The average molecular weight is 573 g/mol. The van der Waals surface area contributed by atoms with Gasteiger partial charge in [-0.25, -0.2) is 30.0 Å². The summed E-state index contributed by atoms with van der Waals surface area (Å²) < 4.78 is 122. The monoisotopic (exact) mass is 573 g/mol. The second-order valence-electron chi connectivity index (χ2n) is 6.71. The summed E-state index contributed by atoms with van der Waals surface area (Å²) in [4.78, 5) is 11.1. The minimum absolute atomic E-state index is 0.335. The number of rotatable bonds is 10. The van der Waals surface area contributed by atoms with E-state index in [9.17, 15) is 64.1 Å². The average Bonchev–Trinajstić information content (AvgIpc) is 2.65. The van der Waals surface area contributed by atoms with Crippen LogP contribution in [0.5, 0.6) is 0 Å². The van der Waals surface area contributed by atoms with E-state index in [1.54, 1.807) is 0 Å². The summed E-state index contributed by atoms with van der Waals surface area (Å²) in [6, 6.07) is -2.25. The van der Waals surface area contributed by atoms with Crippen LogP contribution in [0.15, 0.2) is 11.8 Å². The van der Waals surface area contributed by atoms with Crippen LogP contribution in [0.25, 0.3) is 0 Å². The normalized spacial score (nSPS) is 34.6. The number of nitrogens with one attached hydrogen (secondary N) is 1. The third-order valence-corrected chi connectivity index (χ3v) is 5.68. The highest BCUT2D eigenvalue weighted by Crippen LogP contribution is 2.30. The molecular weight excluding hydrogens is 558 g/mol. The Hall–Kier alpha value is -1.58. The molecule has 2 heterocycles. The molecule has 1 fully saturated rings. The van der Waals surface area contributed by atoms with Crippen LogP contribution >= 0.6 is 0 Å². The van der Waals surface area contributed by atoms with Crippen molar-refractivity contribution >= 4 is 37.1 Å². The molecule has 0 spiro atoms. The maximum atomic E-state index is 11.1. The van der Waals surface area contributed by atoms with Gasteiger partial charge in [0.15, 0.2) is 22.7 Å². The first kappa shape index (κ1) is 29.6. The summed E-state index contributed by atoms with van der Waals surface area (Å²) in [5, 5.41) is 41.4. The molecule has 0 aromatic carbocycles. The number of carboxylic acid groups (broad SMARTS) is 1. The second-order valence-corrected chi connectivity index (χ2v) is 9.92. The molecule has 2 rings (SSSR count). The van der Waals surface area contributed by atoms with Crippen LogP contribution in [-0.4, -0.2) is 116 Å². The van der Waals surface area contributed by atoms with E-state index in [4.69, 9.17) is 14.2 Å². The summed E-state index contributed by atoms with van der Waals surface area (Å²) in [5.74, 6) is -3.31. The van der Waals surface area contributed by atoms with Gasteiger partial charge in [-0.05, 0) is 6.08 Å². The van der Waals surface area contributed by atoms with Crippen molar-refractivity contribution in [2.45, 2.75) is 49.1 Å². The lowest BCUT2D eigenvalue weighted by molar-refractivity contribution is -0.320. The quantitative estimate of drug-likeness (QED) is 0.139. The van der Waals surface area contributed by atoms with Gasteiger partial charge in [0.1, 0.15) is 42.2 Å². The molecule has 8 atom stereocenters. The number of aliphatic carboxylic acids is 1. The van der Waals surface area contributed by atoms with E-state index < -0.39 is 98.6 Å². The van der Waals surface area contributed by atoms with E-state index >= 15 is 0 Å². The SMILES string of the molecule is O=C([O-])C1=C[C@H](O)[C@@H](OS(=O)(=O)[O-])[C@H](O[C@H]2[C@H](O)[C@@H](NS(=O)(=O)[O-])[C@@H](O)O[C@@H]2COS(=O)(=O)[O-])O1. The van der Waals surface area contributed by atoms with Crippen molar-refractivity contribution in [3.8, 4) is 0 Å². The third kappa shape index (κ3) is 8.79. The molecular formula is C12H15NO19S3-4. The third-order valence-electron chi connectivity index (χ3n) is 4.24. The van der Waals surface area contributed by atoms with Crippen molar-refractivity contribution in [3.05, 3.63) is 11.8 Å². The first-order valence-electron chi connectivity index (χ1n) is 8.70. The highest BCUT2D eigenvalue weighted by atomic mass is 32.3. The molecule has 2 aliphatic rings. The molecule has 0 amide bonds. The largest absolute Gasteiger partial charge is 0.735 e. The topological polar surface area (TPSA) is 331 Å². The lowest BCUT2D eigenvalue weighted by atomic mass is 9.97. The number of carbonyl (C=O) groups excluding carboxylic acids is 1. The number of carboxylic acids is 1. The summed E-state index contributed by atoms with van der Waals surface area (Å²) in [5.41, 5.74) is 0.